The van der Waals surface area contributed by atoms with Crippen molar-refractivity contribution in [3.8, 4) is 23.0 Å². The molecule has 0 unspecified atom stereocenters. The molecular weight excluding hydrogens is 1110 g/mol. The fraction of sp³-hybridized carbons (Fsp3) is 0.286. The standard InChI is InChI=1S/C28H25FN4O5.C26H32FN3O6.C9H7NO2/c1-38-23-9-8-22(34)24(25(23)29)26(35)15-2-4-16(5-3-15)27(36)32-20-13-31-14-21(20)33-28(37)17-6-7-18-11-30-12-19(18)10-17;1-6-35-19-11-12-20(34-5)22(27)21(19)23(31)15-7-9-16(10-8-15)24(32)29-18-14-30(13-17(18)28)25(33)36-26(2,3)4;11-9(12)6-1-2-7-4-10-5-8(7)3-6/h2-10,12,20-21,31,34H,11,13-14H2,1H3,(H,32,36)(H,33,37);7-12,17-18H,6,13-14,28H2,1-5H3,(H,29,32);1-3,5H,4H2,(H,11,12)/t20-,21-;17-,18-;/m11./s1. The molecule has 86 heavy (non-hydrogen) atoms. The SMILES string of the molecule is CCOc1ccc(OC)c(F)c1C(=O)c1ccc(C(=O)N[C@@H]2CN(C(=O)OC(C)(C)C)C[C@H]2N)cc1.COc1ccc(O)c(C(=O)c2ccc(C(=O)N[C@@H]3CNC[C@H]3NC(=O)c3ccc4c(c3)C=NC4)cc2)c1F.O=C(O)c1ccc2c(c1)C=NC2. The molecule has 4 heterocycles. The van der Waals surface area contributed by atoms with Crippen molar-refractivity contribution in [2.24, 2.45) is 15.7 Å². The summed E-state index contributed by atoms with van der Waals surface area (Å²) in [5.41, 5.74) is 10.5. The molecule has 2 saturated heterocycles. The minimum absolute atomic E-state index is 0.0777. The third-order valence-corrected chi connectivity index (χ3v) is 14.1. The number of phenolic OH excluding ortho intramolecular Hbond substituents is 1. The van der Waals surface area contributed by atoms with Gasteiger partial charge in [0.25, 0.3) is 17.7 Å². The normalized spacial score (nSPS) is 16.9. The number of nitrogens with zero attached hydrogens (tertiary/aromatic N) is 3. The van der Waals surface area contributed by atoms with Crippen molar-refractivity contribution in [2.75, 3.05) is 47.0 Å². The number of hydrogen-bond donors (Lipinski definition) is 7. The molecule has 23 heteroatoms. The number of aromatic carboxylic acids is 1. The average Bonchev–Trinajstić information content (AvgIpc) is 2.04. The summed E-state index contributed by atoms with van der Waals surface area (Å²) in [6, 6.07) is 25.7. The van der Waals surface area contributed by atoms with Gasteiger partial charge in [0.1, 0.15) is 28.2 Å². The summed E-state index contributed by atoms with van der Waals surface area (Å²) in [5.74, 6) is -5.71. The zero-order chi connectivity index (χ0) is 62.0. The molecule has 4 amide bonds. The Balaban J connectivity index is 0.000000187. The van der Waals surface area contributed by atoms with E-state index in [-0.39, 0.29) is 88.7 Å². The lowest BCUT2D eigenvalue weighted by atomic mass is 10.00. The number of likely N-dealkylation sites (tertiary alicyclic amines) is 1. The van der Waals surface area contributed by atoms with E-state index in [1.807, 2.05) is 12.1 Å². The molecule has 6 aromatic rings. The van der Waals surface area contributed by atoms with E-state index in [2.05, 4.69) is 31.3 Å². The van der Waals surface area contributed by atoms with Crippen LogP contribution in [0.3, 0.4) is 0 Å². The van der Waals surface area contributed by atoms with Gasteiger partial charge in [-0.05, 0) is 123 Å². The summed E-state index contributed by atoms with van der Waals surface area (Å²) in [6.07, 6.45) is 2.97. The second-order valence-electron chi connectivity index (χ2n) is 21.2. The van der Waals surface area contributed by atoms with Crippen molar-refractivity contribution in [3.05, 3.63) is 188 Å². The van der Waals surface area contributed by atoms with Crippen molar-refractivity contribution in [3.63, 3.8) is 0 Å². The highest BCUT2D eigenvalue weighted by Gasteiger charge is 2.37. The topological polar surface area (TPSA) is 299 Å². The lowest BCUT2D eigenvalue weighted by molar-refractivity contribution is 0.0287. The molecule has 4 aliphatic rings. The zero-order valence-corrected chi connectivity index (χ0v) is 47.9. The number of carbonyl (C=O) groups excluding carboxylic acids is 6. The molecule has 0 spiro atoms. The molecule has 10 rings (SSSR count). The average molecular weight is 1180 g/mol. The van der Waals surface area contributed by atoms with Crippen LogP contribution in [-0.2, 0) is 17.8 Å². The minimum atomic E-state index is -0.964. The van der Waals surface area contributed by atoms with Crippen LogP contribution in [0.5, 0.6) is 23.0 Å². The highest BCUT2D eigenvalue weighted by molar-refractivity contribution is 6.12. The molecule has 0 aromatic heterocycles. The maximum Gasteiger partial charge on any atom is 0.410 e. The number of methoxy groups -OCH3 is 2. The molecule has 4 aliphatic heterocycles. The number of ketones is 2. The van der Waals surface area contributed by atoms with E-state index < -0.39 is 70.2 Å². The van der Waals surface area contributed by atoms with E-state index >= 15 is 0 Å². The minimum Gasteiger partial charge on any atom is -0.507 e. The van der Waals surface area contributed by atoms with Gasteiger partial charge < -0.3 is 61.1 Å². The summed E-state index contributed by atoms with van der Waals surface area (Å²) >= 11 is 0. The molecule has 0 aliphatic carbocycles. The van der Waals surface area contributed by atoms with Crippen molar-refractivity contribution in [2.45, 2.75) is 70.6 Å². The largest absolute Gasteiger partial charge is 0.507 e. The van der Waals surface area contributed by atoms with Crippen LogP contribution in [0, 0.1) is 11.6 Å². The van der Waals surface area contributed by atoms with Crippen LogP contribution in [-0.4, -0.2) is 146 Å². The first-order chi connectivity index (χ1) is 41.1. The first-order valence-corrected chi connectivity index (χ1v) is 27.3. The van der Waals surface area contributed by atoms with E-state index in [4.69, 9.17) is 29.8 Å². The molecular formula is C63H64F2N8O13. The number of phenols is 1. The number of carbonyl (C=O) groups is 7. The van der Waals surface area contributed by atoms with Gasteiger partial charge in [0.05, 0.1) is 57.6 Å². The lowest BCUT2D eigenvalue weighted by Crippen LogP contribution is -2.51. The summed E-state index contributed by atoms with van der Waals surface area (Å²) in [4.78, 5) is 97.0. The second-order valence-corrected chi connectivity index (χ2v) is 21.2. The Labute approximate surface area is 493 Å². The predicted molar refractivity (Wildman–Crippen MR) is 313 cm³/mol. The Morgan fingerprint density at radius 1 is 0.616 bits per heavy atom. The van der Waals surface area contributed by atoms with E-state index in [0.717, 1.165) is 22.3 Å². The second kappa shape index (κ2) is 27.2. The van der Waals surface area contributed by atoms with Crippen LogP contribution < -0.4 is 41.2 Å². The van der Waals surface area contributed by atoms with Gasteiger partial charge in [-0.1, -0.05) is 36.4 Å². The molecule has 8 N–H and O–H groups in total. The number of halogens is 2. The number of hydrogen-bond acceptors (Lipinski definition) is 16. The van der Waals surface area contributed by atoms with E-state index in [1.54, 1.807) is 64.4 Å². The highest BCUT2D eigenvalue weighted by Crippen LogP contribution is 2.33. The molecule has 21 nitrogen and oxygen atoms in total. The van der Waals surface area contributed by atoms with E-state index in [9.17, 15) is 47.4 Å². The monoisotopic (exact) mass is 1180 g/mol. The Hall–Kier alpha value is -9.87. The highest BCUT2D eigenvalue weighted by atomic mass is 19.1. The number of ether oxygens (including phenoxy) is 4. The van der Waals surface area contributed by atoms with Gasteiger partial charge in [0, 0.05) is 72.5 Å². The number of carboxylic acids is 1. The first-order valence-electron chi connectivity index (χ1n) is 27.3. The van der Waals surface area contributed by atoms with E-state index in [1.165, 1.54) is 91.9 Å². The Morgan fingerprint density at radius 3 is 1.57 bits per heavy atom. The molecule has 0 radical (unpaired) electrons. The van der Waals surface area contributed by atoms with Crippen LogP contribution >= 0.6 is 0 Å². The summed E-state index contributed by atoms with van der Waals surface area (Å²) in [6.45, 7) is 10.0. The third-order valence-electron chi connectivity index (χ3n) is 14.1. The maximum atomic E-state index is 14.9. The fourth-order valence-corrected chi connectivity index (χ4v) is 9.61. The summed E-state index contributed by atoms with van der Waals surface area (Å²) in [5, 5.41) is 30.6. The van der Waals surface area contributed by atoms with Crippen molar-refractivity contribution in [1.29, 1.82) is 0 Å². The van der Waals surface area contributed by atoms with Crippen LogP contribution in [0.2, 0.25) is 0 Å². The lowest BCUT2D eigenvalue weighted by Gasteiger charge is -2.24. The molecule has 2 fully saturated rings. The van der Waals surface area contributed by atoms with Crippen molar-refractivity contribution >= 4 is 53.8 Å². The zero-order valence-electron chi connectivity index (χ0n) is 47.9. The number of carboxylic acid groups (broad SMARTS) is 1. The number of aliphatic imine (C=N–C) groups is 2. The van der Waals surface area contributed by atoms with Gasteiger partial charge in [-0.2, -0.15) is 0 Å². The number of aromatic hydroxyl groups is 1. The number of rotatable bonds is 15. The summed E-state index contributed by atoms with van der Waals surface area (Å²) < 4.78 is 50.2. The maximum absolute atomic E-state index is 14.9. The predicted octanol–water partition coefficient (Wildman–Crippen LogP) is 6.66. The quantitative estimate of drug-likeness (QED) is 0.0529. The number of nitrogens with two attached hydrogens (primary N) is 1. The van der Waals surface area contributed by atoms with Crippen LogP contribution in [0.4, 0.5) is 13.6 Å². The third kappa shape index (κ3) is 14.7. The van der Waals surface area contributed by atoms with E-state index in [0.29, 0.717) is 37.3 Å². The van der Waals surface area contributed by atoms with Gasteiger partial charge in [0.15, 0.2) is 34.7 Å². The smallest absolute Gasteiger partial charge is 0.410 e. The number of fused-ring (bicyclic) bond motifs is 2. The Bertz CT molecular complexity index is 3640. The molecule has 6 aromatic carbocycles. The molecule has 448 valence electrons. The summed E-state index contributed by atoms with van der Waals surface area (Å²) in [7, 11) is 2.57. The van der Waals surface area contributed by atoms with Crippen LogP contribution in [0.1, 0.15) is 123 Å². The van der Waals surface area contributed by atoms with Gasteiger partial charge in [0.2, 0.25) is 0 Å². The van der Waals surface area contributed by atoms with Gasteiger partial charge in [-0.3, -0.25) is 34.0 Å². The van der Waals surface area contributed by atoms with Gasteiger partial charge >= 0.3 is 12.1 Å². The number of amides is 4. The van der Waals surface area contributed by atoms with Gasteiger partial charge in [-0.25, -0.2) is 18.4 Å². The first kappa shape index (κ1) is 62.2. The Kier molecular flexibility index (Phi) is 19.7. The van der Waals surface area contributed by atoms with Gasteiger partial charge in [-0.15, -0.1) is 0 Å². The number of nitrogens with one attached hydrogen (secondary N) is 4. The molecule has 0 bridgehead atoms. The fourth-order valence-electron chi connectivity index (χ4n) is 9.61. The van der Waals surface area contributed by atoms with Crippen molar-refractivity contribution < 1.29 is 71.5 Å². The molecule has 4 atom stereocenters. The van der Waals surface area contributed by atoms with Crippen LogP contribution in [0.15, 0.2) is 119 Å². The van der Waals surface area contributed by atoms with Crippen molar-refractivity contribution in [1.82, 2.24) is 26.2 Å². The Morgan fingerprint density at radius 2 is 1.06 bits per heavy atom. The number of benzene rings is 6. The van der Waals surface area contributed by atoms with Crippen LogP contribution in [0.25, 0.3) is 0 Å². The molecule has 0 saturated carbocycles.